The molecule has 5 nitrogen and oxygen atoms in total. The zero-order valence-corrected chi connectivity index (χ0v) is 14.6. The molecule has 3 fully saturated rings. The lowest BCUT2D eigenvalue weighted by Crippen LogP contribution is -2.56. The summed E-state index contributed by atoms with van der Waals surface area (Å²) < 4.78 is 11.4. The number of hydrogen-bond acceptors (Lipinski definition) is 5. The summed E-state index contributed by atoms with van der Waals surface area (Å²) in [6.07, 6.45) is 6.59. The molecule has 1 aromatic rings. The third kappa shape index (κ3) is 3.20. The maximum Gasteiger partial charge on any atom is 0.147 e. The summed E-state index contributed by atoms with van der Waals surface area (Å²) in [5.74, 6) is 0.0124. The normalized spacial score (nSPS) is 34.4. The van der Waals surface area contributed by atoms with Gasteiger partial charge in [-0.3, -0.25) is 4.84 Å². The Morgan fingerprint density at radius 1 is 1.16 bits per heavy atom. The third-order valence-electron chi connectivity index (χ3n) is 5.94. The van der Waals surface area contributed by atoms with Crippen molar-refractivity contribution in [3.05, 3.63) is 35.9 Å². The molecule has 1 spiro atoms. The van der Waals surface area contributed by atoms with E-state index in [9.17, 15) is 5.26 Å². The van der Waals surface area contributed by atoms with Gasteiger partial charge in [-0.25, -0.2) is 0 Å². The van der Waals surface area contributed by atoms with E-state index in [0.717, 1.165) is 44.1 Å². The van der Waals surface area contributed by atoms with Crippen molar-refractivity contribution in [2.45, 2.75) is 62.8 Å². The lowest BCUT2D eigenvalue weighted by Gasteiger charge is -2.46. The Balaban J connectivity index is 1.29. The first-order valence-corrected chi connectivity index (χ1v) is 9.39. The van der Waals surface area contributed by atoms with Crippen LogP contribution in [-0.4, -0.2) is 36.1 Å². The Morgan fingerprint density at radius 3 is 2.76 bits per heavy atom. The molecule has 2 saturated heterocycles. The SMILES string of the molecule is N#C[C@H]1[C@@H]2CCC[C@]13CCC[C@@H](COCOCc1ccccc1)N3O2. The number of hydroxylamine groups is 2. The molecule has 2 bridgehead atoms. The second kappa shape index (κ2) is 7.43. The number of ether oxygens (including phenoxy) is 2. The molecule has 134 valence electrons. The van der Waals surface area contributed by atoms with Crippen molar-refractivity contribution >= 4 is 0 Å². The van der Waals surface area contributed by atoms with E-state index in [1.807, 2.05) is 30.3 Å². The fourth-order valence-corrected chi connectivity index (χ4v) is 4.82. The van der Waals surface area contributed by atoms with Gasteiger partial charge in [0.2, 0.25) is 0 Å². The Labute approximate surface area is 149 Å². The highest BCUT2D eigenvalue weighted by Gasteiger charge is 2.60. The molecule has 0 N–H and O–H groups in total. The van der Waals surface area contributed by atoms with Gasteiger partial charge in [-0.15, -0.1) is 0 Å². The standard InChI is InChI=1S/C20H26N2O3/c21-12-18-19-9-5-11-20(18)10-4-8-17(22(20)25-19)14-24-15-23-13-16-6-2-1-3-7-16/h1-3,6-7,17-19H,4-5,8-11,13-15H2/t17-,18-,19-,20+/m0/s1. The Morgan fingerprint density at radius 2 is 1.96 bits per heavy atom. The summed E-state index contributed by atoms with van der Waals surface area (Å²) in [5, 5.41) is 11.8. The number of nitrogens with zero attached hydrogens (tertiary/aromatic N) is 2. The lowest BCUT2D eigenvalue weighted by atomic mass is 9.68. The van der Waals surface area contributed by atoms with E-state index in [4.69, 9.17) is 14.3 Å². The average Bonchev–Trinajstić information content (AvgIpc) is 2.83. The number of piperidine rings is 1. The van der Waals surface area contributed by atoms with Gasteiger partial charge in [-0.2, -0.15) is 10.3 Å². The molecule has 5 heteroatoms. The van der Waals surface area contributed by atoms with Gasteiger partial charge in [-0.1, -0.05) is 30.3 Å². The fourth-order valence-electron chi connectivity index (χ4n) is 4.82. The van der Waals surface area contributed by atoms with Crippen molar-refractivity contribution in [3.63, 3.8) is 0 Å². The van der Waals surface area contributed by atoms with E-state index in [1.54, 1.807) is 0 Å². The van der Waals surface area contributed by atoms with Gasteiger partial charge >= 0.3 is 0 Å². The van der Waals surface area contributed by atoms with Gasteiger partial charge < -0.3 is 9.47 Å². The molecule has 1 aliphatic carbocycles. The third-order valence-corrected chi connectivity index (χ3v) is 5.94. The summed E-state index contributed by atoms with van der Waals surface area (Å²) in [5.41, 5.74) is 1.07. The minimum absolute atomic E-state index is 0.0124. The first kappa shape index (κ1) is 17.0. The summed E-state index contributed by atoms with van der Waals surface area (Å²) in [4.78, 5) is 6.21. The number of fused-ring (bicyclic) bond motifs is 1. The minimum atomic E-state index is -0.0746. The Kier molecular flexibility index (Phi) is 5.05. The summed E-state index contributed by atoms with van der Waals surface area (Å²) in [7, 11) is 0. The van der Waals surface area contributed by atoms with Crippen LogP contribution in [0.15, 0.2) is 30.3 Å². The number of nitriles is 1. The molecule has 3 aliphatic rings. The average molecular weight is 342 g/mol. The van der Waals surface area contributed by atoms with Gasteiger partial charge in [0.25, 0.3) is 0 Å². The topological polar surface area (TPSA) is 54.7 Å². The first-order valence-electron chi connectivity index (χ1n) is 9.39. The molecule has 4 rings (SSSR count). The zero-order chi connectivity index (χ0) is 17.1. The van der Waals surface area contributed by atoms with Gasteiger partial charge in [-0.05, 0) is 44.1 Å². The summed E-state index contributed by atoms with van der Waals surface area (Å²) in [6, 6.07) is 12.9. The van der Waals surface area contributed by atoms with Crippen LogP contribution in [0.25, 0.3) is 0 Å². The van der Waals surface area contributed by atoms with Crippen LogP contribution in [0.2, 0.25) is 0 Å². The van der Waals surface area contributed by atoms with Gasteiger partial charge in [0.05, 0.1) is 42.9 Å². The predicted octanol–water partition coefficient (Wildman–Crippen LogP) is 3.41. The van der Waals surface area contributed by atoms with Crippen LogP contribution in [0.5, 0.6) is 0 Å². The van der Waals surface area contributed by atoms with Crippen LogP contribution in [0.3, 0.4) is 0 Å². The predicted molar refractivity (Wildman–Crippen MR) is 92.1 cm³/mol. The highest BCUT2D eigenvalue weighted by molar-refractivity contribution is 5.15. The maximum atomic E-state index is 9.64. The molecule has 0 unspecified atom stereocenters. The van der Waals surface area contributed by atoms with Crippen LogP contribution < -0.4 is 0 Å². The maximum absolute atomic E-state index is 9.64. The van der Waals surface area contributed by atoms with Crippen LogP contribution in [0.1, 0.15) is 44.1 Å². The second-order valence-corrected chi connectivity index (χ2v) is 7.44. The quantitative estimate of drug-likeness (QED) is 0.586. The van der Waals surface area contributed by atoms with Crippen LogP contribution in [0.4, 0.5) is 0 Å². The monoisotopic (exact) mass is 342 g/mol. The van der Waals surface area contributed by atoms with E-state index in [0.29, 0.717) is 13.2 Å². The molecule has 0 radical (unpaired) electrons. The van der Waals surface area contributed by atoms with Crippen molar-refractivity contribution in [2.75, 3.05) is 13.4 Å². The van der Waals surface area contributed by atoms with E-state index in [2.05, 4.69) is 11.1 Å². The largest absolute Gasteiger partial charge is 0.354 e. The number of benzene rings is 1. The van der Waals surface area contributed by atoms with Gasteiger partial charge in [0.1, 0.15) is 6.79 Å². The number of rotatable bonds is 6. The van der Waals surface area contributed by atoms with Crippen molar-refractivity contribution in [2.24, 2.45) is 5.92 Å². The van der Waals surface area contributed by atoms with Gasteiger partial charge in [0.15, 0.2) is 0 Å². The Bertz CT molecular complexity index is 613. The minimum Gasteiger partial charge on any atom is -0.354 e. The van der Waals surface area contributed by atoms with Crippen LogP contribution in [0, 0.1) is 17.2 Å². The molecule has 0 amide bonds. The highest BCUT2D eigenvalue weighted by atomic mass is 16.7. The molecule has 4 atom stereocenters. The number of hydrogen-bond donors (Lipinski definition) is 0. The van der Waals surface area contributed by atoms with Crippen molar-refractivity contribution < 1.29 is 14.3 Å². The fraction of sp³-hybridized carbons (Fsp3) is 0.650. The molecule has 25 heavy (non-hydrogen) atoms. The molecule has 2 aliphatic heterocycles. The van der Waals surface area contributed by atoms with E-state index < -0.39 is 0 Å². The molecule has 1 aromatic carbocycles. The summed E-state index contributed by atoms with van der Waals surface area (Å²) >= 11 is 0. The Hall–Kier alpha value is -1.45. The van der Waals surface area contributed by atoms with Crippen LogP contribution in [-0.2, 0) is 20.9 Å². The van der Waals surface area contributed by atoms with E-state index in [1.165, 1.54) is 0 Å². The van der Waals surface area contributed by atoms with Crippen molar-refractivity contribution in [1.82, 2.24) is 5.06 Å². The molecule has 1 saturated carbocycles. The first-order chi connectivity index (χ1) is 12.3. The second-order valence-electron chi connectivity index (χ2n) is 7.44. The molecular weight excluding hydrogens is 316 g/mol. The highest BCUT2D eigenvalue weighted by Crippen LogP contribution is 2.52. The van der Waals surface area contributed by atoms with E-state index in [-0.39, 0.29) is 30.4 Å². The summed E-state index contributed by atoms with van der Waals surface area (Å²) in [6.45, 7) is 1.45. The molecular formula is C20H26N2O3. The smallest absolute Gasteiger partial charge is 0.147 e. The zero-order valence-electron chi connectivity index (χ0n) is 14.6. The van der Waals surface area contributed by atoms with Crippen molar-refractivity contribution in [3.8, 4) is 6.07 Å². The van der Waals surface area contributed by atoms with Gasteiger partial charge in [0, 0.05) is 0 Å². The van der Waals surface area contributed by atoms with Crippen molar-refractivity contribution in [1.29, 1.82) is 5.26 Å². The molecule has 2 heterocycles. The van der Waals surface area contributed by atoms with E-state index >= 15 is 0 Å². The van der Waals surface area contributed by atoms with Crippen LogP contribution >= 0.6 is 0 Å². The molecule has 0 aromatic heterocycles. The lowest BCUT2D eigenvalue weighted by molar-refractivity contribution is -0.235.